The number of pyridine rings is 1. The van der Waals surface area contributed by atoms with E-state index in [0.717, 1.165) is 6.42 Å². The van der Waals surface area contributed by atoms with Crippen LogP contribution in [0.2, 0.25) is 0 Å². The molecule has 1 fully saturated rings. The number of aromatic hydroxyl groups is 1. The third-order valence-corrected chi connectivity index (χ3v) is 2.72. The molecular weight excluding hydrogens is 208 g/mol. The van der Waals surface area contributed by atoms with Crippen molar-refractivity contribution in [3.05, 3.63) is 18.3 Å². The molecule has 0 saturated carbocycles. The zero-order chi connectivity index (χ0) is 11.6. The summed E-state index contributed by atoms with van der Waals surface area (Å²) in [6.45, 7) is 2.34. The Hall–Kier alpha value is -1.62. The number of carbonyl (C=O) groups excluding carboxylic acids is 1. The van der Waals surface area contributed by atoms with Crippen LogP contribution in [0, 0.1) is 0 Å². The number of rotatable bonds is 2. The van der Waals surface area contributed by atoms with Gasteiger partial charge in [-0.25, -0.2) is 4.98 Å². The lowest BCUT2D eigenvalue weighted by Gasteiger charge is -2.21. The molecule has 0 aromatic carbocycles. The topological polar surface area (TPSA) is 71.5 Å². The van der Waals surface area contributed by atoms with E-state index in [1.54, 1.807) is 13.0 Å². The van der Waals surface area contributed by atoms with E-state index in [1.165, 1.54) is 12.3 Å². The van der Waals surface area contributed by atoms with E-state index >= 15 is 0 Å². The highest BCUT2D eigenvalue weighted by molar-refractivity contribution is 5.97. The van der Waals surface area contributed by atoms with Crippen molar-refractivity contribution < 1.29 is 14.6 Å². The predicted octanol–water partition coefficient (Wildman–Crippen LogP) is 1.29. The Morgan fingerprint density at radius 1 is 1.69 bits per heavy atom. The molecule has 0 spiro atoms. The second-order valence-corrected chi connectivity index (χ2v) is 4.01. The molecule has 2 heterocycles. The van der Waals surface area contributed by atoms with Crippen LogP contribution < -0.4 is 5.32 Å². The smallest absolute Gasteiger partial charge is 0.257 e. The van der Waals surface area contributed by atoms with Crippen LogP contribution in [0.5, 0.6) is 5.75 Å². The summed E-state index contributed by atoms with van der Waals surface area (Å²) >= 11 is 0. The van der Waals surface area contributed by atoms with E-state index in [2.05, 4.69) is 10.3 Å². The molecule has 5 nitrogen and oxygen atoms in total. The van der Waals surface area contributed by atoms with Crippen LogP contribution in [-0.4, -0.2) is 28.2 Å². The molecule has 0 bridgehead atoms. The van der Waals surface area contributed by atoms with Gasteiger partial charge in [0.15, 0.2) is 11.6 Å². The van der Waals surface area contributed by atoms with Crippen LogP contribution in [0.3, 0.4) is 0 Å². The minimum absolute atomic E-state index is 0.0440. The number of nitrogens with zero attached hydrogens (tertiary/aromatic N) is 1. The molecule has 1 aliphatic rings. The fraction of sp³-hybridized carbons (Fsp3) is 0.455. The highest BCUT2D eigenvalue weighted by Gasteiger charge is 2.38. The van der Waals surface area contributed by atoms with Gasteiger partial charge in [0.05, 0.1) is 0 Å². The first-order valence-electron chi connectivity index (χ1n) is 5.21. The fourth-order valence-electron chi connectivity index (χ4n) is 1.69. The first kappa shape index (κ1) is 10.9. The molecule has 1 aromatic heterocycles. The molecule has 1 aromatic rings. The van der Waals surface area contributed by atoms with Gasteiger partial charge in [0.1, 0.15) is 5.60 Å². The van der Waals surface area contributed by atoms with Gasteiger partial charge in [-0.3, -0.25) is 4.79 Å². The van der Waals surface area contributed by atoms with Crippen molar-refractivity contribution in [2.75, 3.05) is 11.9 Å². The van der Waals surface area contributed by atoms with Gasteiger partial charge in [-0.15, -0.1) is 0 Å². The molecule has 2 rings (SSSR count). The van der Waals surface area contributed by atoms with Crippen LogP contribution in [0.15, 0.2) is 18.3 Å². The molecule has 2 N–H and O–H groups in total. The van der Waals surface area contributed by atoms with Crippen molar-refractivity contribution in [2.24, 2.45) is 0 Å². The number of amides is 1. The zero-order valence-corrected chi connectivity index (χ0v) is 9.06. The van der Waals surface area contributed by atoms with E-state index in [4.69, 9.17) is 4.74 Å². The highest BCUT2D eigenvalue weighted by atomic mass is 16.5. The number of hydrogen-bond acceptors (Lipinski definition) is 4. The normalized spacial score (nSPS) is 24.3. The third-order valence-electron chi connectivity index (χ3n) is 2.72. The molecule has 1 saturated heterocycles. The van der Waals surface area contributed by atoms with E-state index < -0.39 is 5.60 Å². The largest absolute Gasteiger partial charge is 0.504 e. The SMILES string of the molecule is C[C@]1(C(=O)Nc2ncccc2O)CCCO1. The van der Waals surface area contributed by atoms with Gasteiger partial charge < -0.3 is 15.2 Å². The Morgan fingerprint density at radius 2 is 2.50 bits per heavy atom. The highest BCUT2D eigenvalue weighted by Crippen LogP contribution is 2.27. The van der Waals surface area contributed by atoms with E-state index in [0.29, 0.717) is 13.0 Å². The predicted molar refractivity (Wildman–Crippen MR) is 58.1 cm³/mol. The lowest BCUT2D eigenvalue weighted by atomic mass is 10.0. The molecule has 0 aliphatic carbocycles. The molecule has 16 heavy (non-hydrogen) atoms. The fourth-order valence-corrected chi connectivity index (χ4v) is 1.69. The van der Waals surface area contributed by atoms with Crippen LogP contribution in [-0.2, 0) is 9.53 Å². The summed E-state index contributed by atoms with van der Waals surface area (Å²) in [5.41, 5.74) is -0.802. The standard InChI is InChI=1S/C11H14N2O3/c1-11(5-3-7-16-11)10(15)13-9-8(14)4-2-6-12-9/h2,4,6,14H,3,5,7H2,1H3,(H,12,13,15)/t11-/m1/s1. The van der Waals surface area contributed by atoms with E-state index in [9.17, 15) is 9.90 Å². The van der Waals surface area contributed by atoms with E-state index in [-0.39, 0.29) is 17.5 Å². The molecule has 5 heteroatoms. The number of nitrogens with one attached hydrogen (secondary N) is 1. The lowest BCUT2D eigenvalue weighted by Crippen LogP contribution is -2.39. The molecular formula is C11H14N2O3. The first-order valence-corrected chi connectivity index (χ1v) is 5.21. The second-order valence-electron chi connectivity index (χ2n) is 4.01. The maximum Gasteiger partial charge on any atom is 0.257 e. The summed E-state index contributed by atoms with van der Waals surface area (Å²) in [6.07, 6.45) is 3.07. The van der Waals surface area contributed by atoms with Crippen molar-refractivity contribution in [3.63, 3.8) is 0 Å². The summed E-state index contributed by atoms with van der Waals surface area (Å²) in [5.74, 6) is -0.138. The number of aromatic nitrogens is 1. The molecule has 86 valence electrons. The summed E-state index contributed by atoms with van der Waals surface area (Å²) < 4.78 is 5.39. The van der Waals surface area contributed by atoms with Crippen molar-refractivity contribution >= 4 is 11.7 Å². The Labute approximate surface area is 93.5 Å². The van der Waals surface area contributed by atoms with Crippen LogP contribution >= 0.6 is 0 Å². The number of anilines is 1. The Bertz CT molecular complexity index is 400. The van der Waals surface area contributed by atoms with Crippen molar-refractivity contribution in [3.8, 4) is 5.75 Å². The summed E-state index contributed by atoms with van der Waals surface area (Å²) in [7, 11) is 0. The maximum absolute atomic E-state index is 11.9. The monoisotopic (exact) mass is 222 g/mol. The molecule has 0 radical (unpaired) electrons. The second kappa shape index (κ2) is 4.09. The summed E-state index contributed by atoms with van der Waals surface area (Å²) in [5, 5.41) is 12.0. The van der Waals surface area contributed by atoms with Gasteiger partial charge in [0, 0.05) is 12.8 Å². The van der Waals surface area contributed by atoms with E-state index in [1.807, 2.05) is 0 Å². The average molecular weight is 222 g/mol. The van der Waals surface area contributed by atoms with Crippen LogP contribution in [0.4, 0.5) is 5.82 Å². The lowest BCUT2D eigenvalue weighted by molar-refractivity contribution is -0.133. The molecule has 1 atom stereocenters. The number of ether oxygens (including phenoxy) is 1. The summed E-state index contributed by atoms with van der Waals surface area (Å²) in [4.78, 5) is 15.8. The third kappa shape index (κ3) is 1.99. The van der Waals surface area contributed by atoms with Crippen molar-refractivity contribution in [1.29, 1.82) is 0 Å². The average Bonchev–Trinajstić information content (AvgIpc) is 2.70. The van der Waals surface area contributed by atoms with Crippen LogP contribution in [0.1, 0.15) is 19.8 Å². The number of carbonyl (C=O) groups is 1. The minimum atomic E-state index is -0.802. The van der Waals surface area contributed by atoms with Gasteiger partial charge in [0.2, 0.25) is 0 Å². The van der Waals surface area contributed by atoms with Crippen molar-refractivity contribution in [1.82, 2.24) is 4.98 Å². The Balaban J connectivity index is 2.10. The molecule has 1 amide bonds. The van der Waals surface area contributed by atoms with Gasteiger partial charge in [-0.05, 0) is 31.9 Å². The molecule has 0 unspecified atom stereocenters. The Kier molecular flexibility index (Phi) is 2.78. The van der Waals surface area contributed by atoms with Gasteiger partial charge in [0.25, 0.3) is 5.91 Å². The number of hydrogen-bond donors (Lipinski definition) is 2. The maximum atomic E-state index is 11.9. The van der Waals surface area contributed by atoms with Gasteiger partial charge in [-0.1, -0.05) is 0 Å². The first-order chi connectivity index (χ1) is 7.62. The van der Waals surface area contributed by atoms with Gasteiger partial charge >= 0.3 is 0 Å². The minimum Gasteiger partial charge on any atom is -0.504 e. The molecule has 1 aliphatic heterocycles. The Morgan fingerprint density at radius 3 is 3.12 bits per heavy atom. The van der Waals surface area contributed by atoms with Gasteiger partial charge in [-0.2, -0.15) is 0 Å². The van der Waals surface area contributed by atoms with Crippen molar-refractivity contribution in [2.45, 2.75) is 25.4 Å². The quantitative estimate of drug-likeness (QED) is 0.791. The zero-order valence-electron chi connectivity index (χ0n) is 9.06. The van der Waals surface area contributed by atoms with Crippen LogP contribution in [0.25, 0.3) is 0 Å². The summed E-state index contributed by atoms with van der Waals surface area (Å²) in [6, 6.07) is 3.07.